The van der Waals surface area contributed by atoms with Crippen molar-refractivity contribution in [1.82, 2.24) is 9.97 Å². The zero-order valence-electron chi connectivity index (χ0n) is 13.4. The molecule has 0 amide bonds. The molecule has 126 valence electrons. The van der Waals surface area contributed by atoms with E-state index >= 15 is 0 Å². The Bertz CT molecular complexity index is 913. The Hall–Kier alpha value is -2.30. The van der Waals surface area contributed by atoms with Crippen molar-refractivity contribution in [3.05, 3.63) is 75.9 Å². The van der Waals surface area contributed by atoms with Gasteiger partial charge in [0.25, 0.3) is 0 Å². The third kappa shape index (κ3) is 3.55. The van der Waals surface area contributed by atoms with Crippen molar-refractivity contribution in [3.8, 4) is 0 Å². The maximum atomic E-state index is 6.21. The molecule has 1 aromatic heterocycles. The van der Waals surface area contributed by atoms with Gasteiger partial charge in [-0.2, -0.15) is 4.98 Å². The summed E-state index contributed by atoms with van der Waals surface area (Å²) in [6.07, 6.45) is 2.78. The van der Waals surface area contributed by atoms with Crippen molar-refractivity contribution in [2.45, 2.75) is 13.0 Å². The van der Waals surface area contributed by atoms with E-state index < -0.39 is 0 Å². The molecule has 4 rings (SSSR count). The lowest BCUT2D eigenvalue weighted by Gasteiger charge is -2.29. The number of halogens is 2. The molecule has 2 aromatic carbocycles. The van der Waals surface area contributed by atoms with Crippen LogP contribution in [0.1, 0.15) is 11.1 Å². The van der Waals surface area contributed by atoms with Crippen LogP contribution in [0, 0.1) is 0 Å². The van der Waals surface area contributed by atoms with E-state index in [0.29, 0.717) is 16.0 Å². The molecular weight excluding hydrogens is 355 g/mol. The van der Waals surface area contributed by atoms with Gasteiger partial charge in [-0.1, -0.05) is 47.5 Å². The Labute approximate surface area is 156 Å². The van der Waals surface area contributed by atoms with E-state index in [-0.39, 0.29) is 0 Å². The molecule has 0 unspecified atom stereocenters. The van der Waals surface area contributed by atoms with Gasteiger partial charge < -0.3 is 10.2 Å². The predicted octanol–water partition coefficient (Wildman–Crippen LogP) is 5.09. The molecule has 0 bridgehead atoms. The highest BCUT2D eigenvalue weighted by Gasteiger charge is 2.17. The first kappa shape index (κ1) is 16.2. The molecule has 1 aliphatic heterocycles. The quantitative estimate of drug-likeness (QED) is 0.696. The SMILES string of the molecule is Clc1ccc(Nc2nccc(N3CCc4ccccc4C3)n2)c(Cl)c1. The number of hydrogen-bond acceptors (Lipinski definition) is 4. The van der Waals surface area contributed by atoms with Crippen molar-refractivity contribution in [3.63, 3.8) is 0 Å². The second-order valence-corrected chi connectivity index (χ2v) is 6.77. The second kappa shape index (κ2) is 6.90. The summed E-state index contributed by atoms with van der Waals surface area (Å²) in [5.41, 5.74) is 3.49. The van der Waals surface area contributed by atoms with Crippen LogP contribution in [0.15, 0.2) is 54.7 Å². The summed E-state index contributed by atoms with van der Waals surface area (Å²) in [5.74, 6) is 1.41. The largest absolute Gasteiger partial charge is 0.352 e. The molecule has 6 heteroatoms. The Morgan fingerprint density at radius 3 is 2.68 bits per heavy atom. The molecule has 0 radical (unpaired) electrons. The predicted molar refractivity (Wildman–Crippen MR) is 103 cm³/mol. The number of rotatable bonds is 3. The molecule has 0 spiro atoms. The van der Waals surface area contributed by atoms with Crippen LogP contribution in [0.25, 0.3) is 0 Å². The standard InChI is InChI=1S/C19H16Cl2N4/c20-15-5-6-17(16(21)11-15)23-19-22-9-7-18(24-19)25-10-8-13-3-1-2-4-14(13)12-25/h1-7,9,11H,8,10,12H2,(H,22,23,24). The average Bonchev–Trinajstić information content (AvgIpc) is 2.64. The van der Waals surface area contributed by atoms with Gasteiger partial charge in [-0.3, -0.25) is 0 Å². The summed E-state index contributed by atoms with van der Waals surface area (Å²) in [4.78, 5) is 11.2. The Morgan fingerprint density at radius 1 is 1.00 bits per heavy atom. The van der Waals surface area contributed by atoms with Crippen LogP contribution in [0.2, 0.25) is 10.0 Å². The summed E-state index contributed by atoms with van der Waals surface area (Å²) in [5, 5.41) is 4.29. The molecule has 3 aromatic rings. The minimum atomic E-state index is 0.514. The molecule has 0 fully saturated rings. The number of aromatic nitrogens is 2. The fraction of sp³-hybridized carbons (Fsp3) is 0.158. The molecular formula is C19H16Cl2N4. The van der Waals surface area contributed by atoms with E-state index in [1.165, 1.54) is 11.1 Å². The lowest BCUT2D eigenvalue weighted by Crippen LogP contribution is -2.31. The first-order valence-corrected chi connectivity index (χ1v) is 8.81. The number of hydrogen-bond donors (Lipinski definition) is 1. The van der Waals surface area contributed by atoms with Gasteiger partial charge in [0.15, 0.2) is 0 Å². The van der Waals surface area contributed by atoms with E-state index in [4.69, 9.17) is 23.2 Å². The van der Waals surface area contributed by atoms with Crippen LogP contribution < -0.4 is 10.2 Å². The molecule has 1 aliphatic rings. The van der Waals surface area contributed by atoms with E-state index in [1.54, 1.807) is 18.3 Å². The van der Waals surface area contributed by atoms with Gasteiger partial charge >= 0.3 is 0 Å². The van der Waals surface area contributed by atoms with E-state index in [9.17, 15) is 0 Å². The monoisotopic (exact) mass is 370 g/mol. The molecule has 2 heterocycles. The van der Waals surface area contributed by atoms with Gasteiger partial charge in [-0.05, 0) is 41.8 Å². The summed E-state index contributed by atoms with van der Waals surface area (Å²) < 4.78 is 0. The molecule has 0 atom stereocenters. The van der Waals surface area contributed by atoms with E-state index in [2.05, 4.69) is 44.5 Å². The van der Waals surface area contributed by atoms with Gasteiger partial charge in [0.2, 0.25) is 5.95 Å². The molecule has 1 N–H and O–H groups in total. The van der Waals surface area contributed by atoms with Crippen LogP contribution in [0.4, 0.5) is 17.5 Å². The third-order valence-electron chi connectivity index (χ3n) is 4.27. The molecule has 0 saturated heterocycles. The van der Waals surface area contributed by atoms with Crippen molar-refractivity contribution in [1.29, 1.82) is 0 Å². The smallest absolute Gasteiger partial charge is 0.229 e. The zero-order valence-corrected chi connectivity index (χ0v) is 14.9. The van der Waals surface area contributed by atoms with Gasteiger partial charge in [-0.25, -0.2) is 4.98 Å². The average molecular weight is 371 g/mol. The first-order valence-electron chi connectivity index (χ1n) is 8.06. The lowest BCUT2D eigenvalue weighted by molar-refractivity contribution is 0.720. The van der Waals surface area contributed by atoms with Crippen LogP contribution in [-0.2, 0) is 13.0 Å². The second-order valence-electron chi connectivity index (χ2n) is 5.93. The van der Waals surface area contributed by atoms with Crippen LogP contribution in [0.3, 0.4) is 0 Å². The van der Waals surface area contributed by atoms with Crippen molar-refractivity contribution >= 4 is 40.7 Å². The van der Waals surface area contributed by atoms with Gasteiger partial charge in [-0.15, -0.1) is 0 Å². The van der Waals surface area contributed by atoms with E-state index in [1.807, 2.05) is 12.1 Å². The van der Waals surface area contributed by atoms with E-state index in [0.717, 1.165) is 31.0 Å². The maximum Gasteiger partial charge on any atom is 0.229 e. The third-order valence-corrected chi connectivity index (χ3v) is 4.82. The van der Waals surface area contributed by atoms with Crippen LogP contribution in [-0.4, -0.2) is 16.5 Å². The fourth-order valence-electron chi connectivity index (χ4n) is 2.99. The Morgan fingerprint density at radius 2 is 1.84 bits per heavy atom. The topological polar surface area (TPSA) is 41.1 Å². The molecule has 25 heavy (non-hydrogen) atoms. The highest BCUT2D eigenvalue weighted by molar-refractivity contribution is 6.36. The van der Waals surface area contributed by atoms with Gasteiger partial charge in [0.05, 0.1) is 10.7 Å². The summed E-state index contributed by atoms with van der Waals surface area (Å²) in [6, 6.07) is 15.8. The van der Waals surface area contributed by atoms with Gasteiger partial charge in [0.1, 0.15) is 5.82 Å². The van der Waals surface area contributed by atoms with Gasteiger partial charge in [0, 0.05) is 24.3 Å². The summed E-state index contributed by atoms with van der Waals surface area (Å²) >= 11 is 12.1. The fourth-order valence-corrected chi connectivity index (χ4v) is 3.44. The number of anilines is 3. The van der Waals surface area contributed by atoms with Crippen molar-refractivity contribution in [2.24, 2.45) is 0 Å². The molecule has 4 nitrogen and oxygen atoms in total. The maximum absolute atomic E-state index is 6.21. The number of nitrogens with zero attached hydrogens (tertiary/aromatic N) is 3. The zero-order chi connectivity index (χ0) is 17.2. The molecule has 0 aliphatic carbocycles. The summed E-state index contributed by atoms with van der Waals surface area (Å²) in [7, 11) is 0. The first-order chi connectivity index (χ1) is 12.2. The number of benzene rings is 2. The minimum Gasteiger partial charge on any atom is -0.352 e. The highest BCUT2D eigenvalue weighted by Crippen LogP contribution is 2.28. The summed E-state index contributed by atoms with van der Waals surface area (Å²) in [6.45, 7) is 1.80. The lowest BCUT2D eigenvalue weighted by atomic mass is 10.00. The minimum absolute atomic E-state index is 0.514. The van der Waals surface area contributed by atoms with Crippen molar-refractivity contribution < 1.29 is 0 Å². The van der Waals surface area contributed by atoms with Crippen LogP contribution in [0.5, 0.6) is 0 Å². The van der Waals surface area contributed by atoms with Crippen molar-refractivity contribution in [2.75, 3.05) is 16.8 Å². The van der Waals surface area contributed by atoms with Crippen LogP contribution >= 0.6 is 23.2 Å². The Balaban J connectivity index is 1.56. The number of fused-ring (bicyclic) bond motifs is 1. The Kier molecular flexibility index (Phi) is 4.47. The highest BCUT2D eigenvalue weighted by atomic mass is 35.5. The normalized spacial score (nSPS) is 13.4. The number of nitrogens with one attached hydrogen (secondary N) is 1. The molecule has 0 saturated carbocycles.